The molecule has 2 aliphatic rings. The molecule has 1 aromatic carbocycles. The zero-order valence-corrected chi connectivity index (χ0v) is 25.3. The van der Waals surface area contributed by atoms with E-state index in [1.807, 2.05) is 0 Å². The van der Waals surface area contributed by atoms with E-state index in [1.165, 1.54) is 18.2 Å². The van der Waals surface area contributed by atoms with Gasteiger partial charge in [-0.05, 0) is 57.6 Å². The lowest BCUT2D eigenvalue weighted by molar-refractivity contribution is -0.150. The van der Waals surface area contributed by atoms with E-state index in [4.69, 9.17) is 16.3 Å². The van der Waals surface area contributed by atoms with Crippen molar-refractivity contribution in [3.8, 4) is 11.3 Å². The molecule has 11 nitrogen and oxygen atoms in total. The van der Waals surface area contributed by atoms with Crippen molar-refractivity contribution in [3.63, 3.8) is 0 Å². The molecule has 1 atom stereocenters. The van der Waals surface area contributed by atoms with Crippen LogP contribution >= 0.6 is 11.6 Å². The van der Waals surface area contributed by atoms with Crippen molar-refractivity contribution in [2.45, 2.75) is 38.8 Å². The van der Waals surface area contributed by atoms with Crippen LogP contribution in [0.4, 0.5) is 27.4 Å². The number of nitrogens with one attached hydrogen (secondary N) is 2. The third kappa shape index (κ3) is 7.75. The van der Waals surface area contributed by atoms with Gasteiger partial charge in [0.25, 0.3) is 0 Å². The molecule has 2 fully saturated rings. The molecule has 2 N–H and O–H groups in total. The zero-order chi connectivity index (χ0) is 30.5. The van der Waals surface area contributed by atoms with Gasteiger partial charge in [0.05, 0.1) is 17.5 Å². The second-order valence-corrected chi connectivity index (χ2v) is 11.5. The summed E-state index contributed by atoms with van der Waals surface area (Å²) in [5.74, 6) is -0.159. The highest BCUT2D eigenvalue weighted by atomic mass is 35.5. The first-order valence-electron chi connectivity index (χ1n) is 14.4. The number of nitrogens with zero attached hydrogens (tertiary/aromatic N) is 6. The van der Waals surface area contributed by atoms with E-state index in [0.717, 1.165) is 26.2 Å². The fourth-order valence-electron chi connectivity index (χ4n) is 4.98. The van der Waals surface area contributed by atoms with Crippen LogP contribution in [0.3, 0.4) is 0 Å². The molecule has 4 heterocycles. The summed E-state index contributed by atoms with van der Waals surface area (Å²) in [7, 11) is 2.10. The van der Waals surface area contributed by atoms with Gasteiger partial charge in [-0.2, -0.15) is 0 Å². The number of hydrogen-bond donors (Lipinski definition) is 2. The first-order valence-corrected chi connectivity index (χ1v) is 14.8. The molecular formula is C30H36ClFN8O3. The summed E-state index contributed by atoms with van der Waals surface area (Å²) in [6.07, 6.45) is 2.30. The first kappa shape index (κ1) is 30.6. The minimum atomic E-state index is -0.515. The number of carbonyl (C=O) groups excluding carboxylic acids is 2. The van der Waals surface area contributed by atoms with Crippen LogP contribution in [0.25, 0.3) is 11.3 Å². The van der Waals surface area contributed by atoms with Crippen molar-refractivity contribution in [2.75, 3.05) is 61.8 Å². The number of anilines is 4. The number of likely N-dealkylation sites (N-methyl/N-ethyl adjacent to an activating group) is 1. The van der Waals surface area contributed by atoms with E-state index in [-0.39, 0.29) is 29.2 Å². The van der Waals surface area contributed by atoms with Gasteiger partial charge in [0.15, 0.2) is 5.82 Å². The first-order chi connectivity index (χ1) is 20.7. The molecule has 43 heavy (non-hydrogen) atoms. The van der Waals surface area contributed by atoms with Crippen molar-refractivity contribution in [1.29, 1.82) is 0 Å². The fraction of sp³-hybridized carbons (Fsp3) is 0.433. The van der Waals surface area contributed by atoms with Crippen LogP contribution in [0.5, 0.6) is 0 Å². The Balaban J connectivity index is 1.36. The summed E-state index contributed by atoms with van der Waals surface area (Å²) in [6.45, 7) is 8.72. The van der Waals surface area contributed by atoms with Crippen LogP contribution in [0.1, 0.15) is 26.7 Å². The lowest BCUT2D eigenvalue weighted by atomic mass is 10.0. The van der Waals surface area contributed by atoms with Gasteiger partial charge < -0.3 is 30.1 Å². The van der Waals surface area contributed by atoms with E-state index in [2.05, 4.69) is 42.7 Å². The topological polar surface area (TPSA) is 116 Å². The van der Waals surface area contributed by atoms with Gasteiger partial charge in [0.2, 0.25) is 5.91 Å². The Kier molecular flexibility index (Phi) is 9.69. The molecule has 2 aliphatic heterocycles. The van der Waals surface area contributed by atoms with E-state index in [0.29, 0.717) is 54.0 Å². The standard InChI is InChI=1S/C30H36ClFN8O3/c1-19(2)43-30(42)26-7-11-40(26)29-25(18-24(36-37-29)22-16-20(31)4-5-23(22)32)34-21-6-9-33-27(17-21)35-28(41)8-10-39-14-12-38(3)13-15-39/h4-6,9,16-19,26H,7-8,10-15H2,1-3H3,(H2,33,34,35,36,41). The van der Waals surface area contributed by atoms with Crippen molar-refractivity contribution in [3.05, 3.63) is 53.4 Å². The molecule has 5 rings (SSSR count). The van der Waals surface area contributed by atoms with Gasteiger partial charge in [-0.3, -0.25) is 4.79 Å². The Morgan fingerprint density at radius 2 is 1.88 bits per heavy atom. The average Bonchev–Trinajstić information content (AvgIpc) is 2.94. The molecule has 0 radical (unpaired) electrons. The maximum Gasteiger partial charge on any atom is 0.329 e. The van der Waals surface area contributed by atoms with Gasteiger partial charge in [0, 0.05) is 74.2 Å². The predicted octanol–water partition coefficient (Wildman–Crippen LogP) is 4.18. The molecule has 0 aliphatic carbocycles. The quantitative estimate of drug-likeness (QED) is 0.324. The molecule has 3 aromatic rings. The molecule has 1 unspecified atom stereocenters. The summed E-state index contributed by atoms with van der Waals surface area (Å²) in [5, 5.41) is 15.2. The summed E-state index contributed by atoms with van der Waals surface area (Å²) < 4.78 is 20.2. The van der Waals surface area contributed by atoms with Crippen LogP contribution in [0, 0.1) is 5.82 Å². The molecule has 0 saturated carbocycles. The highest BCUT2D eigenvalue weighted by Crippen LogP contribution is 2.36. The van der Waals surface area contributed by atoms with E-state index >= 15 is 0 Å². The predicted molar refractivity (Wildman–Crippen MR) is 164 cm³/mol. The number of rotatable bonds is 10. The monoisotopic (exact) mass is 610 g/mol. The number of piperazine rings is 1. The smallest absolute Gasteiger partial charge is 0.329 e. The Bertz CT molecular complexity index is 1470. The number of pyridine rings is 1. The number of carbonyl (C=O) groups is 2. The van der Waals surface area contributed by atoms with Crippen LogP contribution < -0.4 is 15.5 Å². The molecular weight excluding hydrogens is 575 g/mol. The number of benzene rings is 1. The Morgan fingerprint density at radius 3 is 2.60 bits per heavy atom. The van der Waals surface area contributed by atoms with Gasteiger partial charge in [0.1, 0.15) is 17.7 Å². The fourth-order valence-corrected chi connectivity index (χ4v) is 5.15. The number of hydrogen-bond acceptors (Lipinski definition) is 10. The largest absolute Gasteiger partial charge is 0.461 e. The third-order valence-corrected chi connectivity index (χ3v) is 7.69. The molecule has 0 spiro atoms. The van der Waals surface area contributed by atoms with Crippen molar-refractivity contribution >= 4 is 46.5 Å². The Hall–Kier alpha value is -3.87. The lowest BCUT2D eigenvalue weighted by Crippen LogP contribution is -2.54. The number of esters is 1. The second-order valence-electron chi connectivity index (χ2n) is 11.1. The summed E-state index contributed by atoms with van der Waals surface area (Å²) in [5.41, 5.74) is 1.56. The third-order valence-electron chi connectivity index (χ3n) is 7.45. The minimum absolute atomic E-state index is 0.124. The highest BCUT2D eigenvalue weighted by molar-refractivity contribution is 6.30. The van der Waals surface area contributed by atoms with Gasteiger partial charge in [-0.15, -0.1) is 10.2 Å². The van der Waals surface area contributed by atoms with Crippen molar-refractivity contribution in [1.82, 2.24) is 25.0 Å². The molecule has 2 aromatic heterocycles. The number of amides is 1. The van der Waals surface area contributed by atoms with Crippen LogP contribution in [-0.2, 0) is 14.3 Å². The SMILES string of the molecule is CC(C)OC(=O)C1CCN1c1nnc(-c2cc(Cl)ccc2F)cc1Nc1ccnc(NC(=O)CCN2CCN(C)CC2)c1. The van der Waals surface area contributed by atoms with Crippen LogP contribution in [-0.4, -0.2) is 95.3 Å². The number of halogens is 2. The maximum absolute atomic E-state index is 14.7. The summed E-state index contributed by atoms with van der Waals surface area (Å²) >= 11 is 6.14. The van der Waals surface area contributed by atoms with E-state index in [9.17, 15) is 14.0 Å². The van der Waals surface area contributed by atoms with Crippen LogP contribution in [0.15, 0.2) is 42.6 Å². The normalized spacial score (nSPS) is 17.4. The van der Waals surface area contributed by atoms with Crippen molar-refractivity contribution in [2.24, 2.45) is 0 Å². The molecule has 0 bridgehead atoms. The second kappa shape index (κ2) is 13.6. The Morgan fingerprint density at radius 1 is 1.09 bits per heavy atom. The van der Waals surface area contributed by atoms with Gasteiger partial charge >= 0.3 is 5.97 Å². The molecule has 2 saturated heterocycles. The van der Waals surface area contributed by atoms with Gasteiger partial charge in [-0.25, -0.2) is 14.2 Å². The van der Waals surface area contributed by atoms with E-state index in [1.54, 1.807) is 43.1 Å². The van der Waals surface area contributed by atoms with Crippen molar-refractivity contribution < 1.29 is 18.7 Å². The van der Waals surface area contributed by atoms with E-state index < -0.39 is 11.9 Å². The number of ether oxygens (including phenoxy) is 1. The maximum atomic E-state index is 14.7. The molecule has 228 valence electrons. The average molecular weight is 611 g/mol. The Labute approximate surface area is 255 Å². The number of aromatic nitrogens is 3. The summed E-state index contributed by atoms with van der Waals surface area (Å²) in [6, 6.07) is 8.81. The zero-order valence-electron chi connectivity index (χ0n) is 24.5. The lowest BCUT2D eigenvalue weighted by Gasteiger charge is -2.40. The van der Waals surface area contributed by atoms with Crippen LogP contribution in [0.2, 0.25) is 5.02 Å². The molecule has 13 heteroatoms. The summed E-state index contributed by atoms with van der Waals surface area (Å²) in [4.78, 5) is 36.1. The highest BCUT2D eigenvalue weighted by Gasteiger charge is 2.38. The van der Waals surface area contributed by atoms with Gasteiger partial charge in [-0.1, -0.05) is 11.6 Å². The minimum Gasteiger partial charge on any atom is -0.461 e. The molecule has 1 amide bonds.